The molecule has 22 heavy (non-hydrogen) atoms. The fourth-order valence-corrected chi connectivity index (χ4v) is 2.56. The van der Waals surface area contributed by atoms with Crippen LogP contribution in [0.3, 0.4) is 0 Å². The number of rotatable bonds is 6. The first-order valence-electron chi connectivity index (χ1n) is 8.03. The van der Waals surface area contributed by atoms with Gasteiger partial charge in [0.15, 0.2) is 5.76 Å². The second-order valence-corrected chi connectivity index (χ2v) is 5.54. The molecule has 2 amide bonds. The molecule has 1 aromatic heterocycles. The van der Waals surface area contributed by atoms with Gasteiger partial charge in [-0.05, 0) is 44.5 Å². The maximum atomic E-state index is 12.2. The van der Waals surface area contributed by atoms with Crippen LogP contribution in [0.5, 0.6) is 0 Å². The Bertz CT molecular complexity index is 508. The van der Waals surface area contributed by atoms with Crippen LogP contribution in [-0.2, 0) is 11.3 Å². The summed E-state index contributed by atoms with van der Waals surface area (Å²) >= 11 is 0. The Hall–Kier alpha value is -1.82. The molecule has 2 heterocycles. The number of nitrogens with zero attached hydrogens (tertiary/aromatic N) is 1. The van der Waals surface area contributed by atoms with Crippen LogP contribution in [0, 0.1) is 0 Å². The molecule has 1 saturated heterocycles. The third-order valence-electron chi connectivity index (χ3n) is 4.00. The minimum atomic E-state index is -0.466. The van der Waals surface area contributed by atoms with Crippen LogP contribution in [0.4, 0.5) is 0 Å². The monoisotopic (exact) mass is 307 g/mol. The van der Waals surface area contributed by atoms with Crippen molar-refractivity contribution < 1.29 is 14.0 Å². The number of hydrogen-bond donors (Lipinski definition) is 2. The highest BCUT2D eigenvalue weighted by atomic mass is 16.4. The van der Waals surface area contributed by atoms with Crippen LogP contribution in [0.2, 0.25) is 0 Å². The molecule has 1 aliphatic rings. The first-order chi connectivity index (χ1) is 10.6. The predicted octanol–water partition coefficient (Wildman–Crippen LogP) is 1.52. The van der Waals surface area contributed by atoms with E-state index in [0.29, 0.717) is 19.5 Å². The molecule has 0 bridgehead atoms. The molecule has 0 radical (unpaired) electrons. The lowest BCUT2D eigenvalue weighted by Gasteiger charge is -2.16. The fraction of sp³-hybridized carbons (Fsp3) is 0.625. The first-order valence-corrected chi connectivity index (χ1v) is 8.03. The average Bonchev–Trinajstić information content (AvgIpc) is 2.90. The Morgan fingerprint density at radius 1 is 1.36 bits per heavy atom. The molecule has 1 aromatic rings. The van der Waals surface area contributed by atoms with E-state index in [-0.39, 0.29) is 17.6 Å². The van der Waals surface area contributed by atoms with Crippen molar-refractivity contribution in [3.05, 3.63) is 23.7 Å². The fourth-order valence-electron chi connectivity index (χ4n) is 2.56. The third kappa shape index (κ3) is 4.34. The van der Waals surface area contributed by atoms with Gasteiger partial charge in [0.25, 0.3) is 5.91 Å². The smallest absolute Gasteiger partial charge is 0.287 e. The van der Waals surface area contributed by atoms with E-state index >= 15 is 0 Å². The molecule has 1 unspecified atom stereocenters. The molecule has 0 saturated carbocycles. The Morgan fingerprint density at radius 3 is 2.86 bits per heavy atom. The van der Waals surface area contributed by atoms with Gasteiger partial charge in [-0.15, -0.1) is 0 Å². The molecule has 6 heteroatoms. The van der Waals surface area contributed by atoms with Crippen molar-refractivity contribution in [2.45, 2.75) is 45.7 Å². The number of carbonyl (C=O) groups excluding carboxylic acids is 2. The minimum absolute atomic E-state index is 0.110. The van der Waals surface area contributed by atoms with Gasteiger partial charge in [0, 0.05) is 6.54 Å². The summed E-state index contributed by atoms with van der Waals surface area (Å²) in [7, 11) is 0. The number of hydrogen-bond acceptors (Lipinski definition) is 4. The molecule has 1 aliphatic heterocycles. The van der Waals surface area contributed by atoms with E-state index in [4.69, 9.17) is 4.42 Å². The zero-order valence-electron chi connectivity index (χ0n) is 13.4. The summed E-state index contributed by atoms with van der Waals surface area (Å²) in [5.41, 5.74) is 0. The first kappa shape index (κ1) is 16.5. The van der Waals surface area contributed by atoms with Gasteiger partial charge in [0.1, 0.15) is 11.8 Å². The Balaban J connectivity index is 1.95. The zero-order valence-corrected chi connectivity index (χ0v) is 13.4. The van der Waals surface area contributed by atoms with Crippen molar-refractivity contribution in [1.29, 1.82) is 0 Å². The van der Waals surface area contributed by atoms with Crippen LogP contribution < -0.4 is 10.6 Å². The Labute approximate surface area is 131 Å². The molecule has 1 atom stereocenters. The van der Waals surface area contributed by atoms with Crippen LogP contribution in [0.25, 0.3) is 0 Å². The summed E-state index contributed by atoms with van der Waals surface area (Å²) in [6.45, 7) is 7.40. The summed E-state index contributed by atoms with van der Waals surface area (Å²) in [6.07, 6.45) is 2.55. The predicted molar refractivity (Wildman–Crippen MR) is 83.4 cm³/mol. The maximum Gasteiger partial charge on any atom is 0.287 e. The summed E-state index contributed by atoms with van der Waals surface area (Å²) in [6, 6.07) is 3.02. The van der Waals surface area contributed by atoms with E-state index < -0.39 is 6.04 Å². The number of carbonyl (C=O) groups is 2. The highest BCUT2D eigenvalue weighted by Gasteiger charge is 2.24. The molecule has 1 fully saturated rings. The van der Waals surface area contributed by atoms with Crippen LogP contribution in [0.1, 0.15) is 49.4 Å². The van der Waals surface area contributed by atoms with Gasteiger partial charge in [-0.3, -0.25) is 14.5 Å². The van der Waals surface area contributed by atoms with Gasteiger partial charge in [0.2, 0.25) is 5.91 Å². The largest absolute Gasteiger partial charge is 0.455 e. The van der Waals surface area contributed by atoms with Crippen molar-refractivity contribution in [3.63, 3.8) is 0 Å². The number of furan rings is 1. The number of amides is 2. The Morgan fingerprint density at radius 2 is 2.14 bits per heavy atom. The van der Waals surface area contributed by atoms with Gasteiger partial charge in [-0.1, -0.05) is 13.8 Å². The molecule has 6 nitrogen and oxygen atoms in total. The molecule has 0 spiro atoms. The molecule has 0 aromatic carbocycles. The molecule has 2 rings (SSSR count). The van der Waals surface area contributed by atoms with Crippen molar-refractivity contribution in [2.24, 2.45) is 0 Å². The highest BCUT2D eigenvalue weighted by molar-refractivity contribution is 5.95. The van der Waals surface area contributed by atoms with Gasteiger partial charge < -0.3 is 15.1 Å². The van der Waals surface area contributed by atoms with Crippen LogP contribution >= 0.6 is 0 Å². The molecular weight excluding hydrogens is 282 g/mol. The molecule has 0 aliphatic carbocycles. The third-order valence-corrected chi connectivity index (χ3v) is 4.00. The van der Waals surface area contributed by atoms with E-state index in [1.165, 1.54) is 0 Å². The van der Waals surface area contributed by atoms with E-state index in [9.17, 15) is 9.59 Å². The van der Waals surface area contributed by atoms with Gasteiger partial charge >= 0.3 is 0 Å². The van der Waals surface area contributed by atoms with Crippen molar-refractivity contribution in [2.75, 3.05) is 19.6 Å². The standard InChI is InChI=1S/C16H25N3O3/c1-3-19(4-2)11-12-8-9-14(22-12)16(21)18-13-7-5-6-10-17-15(13)20/h8-9,13H,3-7,10-11H2,1-2H3,(H,17,20)(H,18,21). The normalized spacial score (nSPS) is 18.9. The molecular formula is C16H25N3O3. The SMILES string of the molecule is CCN(CC)Cc1ccc(C(=O)NC2CCCCNC2=O)o1. The maximum absolute atomic E-state index is 12.2. The number of nitrogens with one attached hydrogen (secondary N) is 2. The van der Waals surface area contributed by atoms with Crippen LogP contribution in [-0.4, -0.2) is 42.4 Å². The Kier molecular flexibility index (Phi) is 6.00. The lowest BCUT2D eigenvalue weighted by atomic mass is 10.1. The highest BCUT2D eigenvalue weighted by Crippen LogP contribution is 2.12. The lowest BCUT2D eigenvalue weighted by Crippen LogP contribution is -2.45. The van der Waals surface area contributed by atoms with E-state index in [0.717, 1.165) is 31.7 Å². The van der Waals surface area contributed by atoms with Crippen molar-refractivity contribution in [3.8, 4) is 0 Å². The van der Waals surface area contributed by atoms with Crippen LogP contribution in [0.15, 0.2) is 16.5 Å². The lowest BCUT2D eigenvalue weighted by molar-refractivity contribution is -0.122. The quantitative estimate of drug-likeness (QED) is 0.835. The van der Waals surface area contributed by atoms with Gasteiger partial charge in [-0.2, -0.15) is 0 Å². The second-order valence-electron chi connectivity index (χ2n) is 5.54. The van der Waals surface area contributed by atoms with E-state index in [2.05, 4.69) is 29.4 Å². The summed E-state index contributed by atoms with van der Waals surface area (Å²) < 4.78 is 5.60. The van der Waals surface area contributed by atoms with Crippen molar-refractivity contribution in [1.82, 2.24) is 15.5 Å². The van der Waals surface area contributed by atoms with E-state index in [1.54, 1.807) is 6.07 Å². The zero-order chi connectivity index (χ0) is 15.9. The summed E-state index contributed by atoms with van der Waals surface area (Å²) in [4.78, 5) is 26.3. The molecule has 2 N–H and O–H groups in total. The van der Waals surface area contributed by atoms with E-state index in [1.807, 2.05) is 6.07 Å². The van der Waals surface area contributed by atoms with Gasteiger partial charge in [0.05, 0.1) is 6.54 Å². The minimum Gasteiger partial charge on any atom is -0.455 e. The topological polar surface area (TPSA) is 74.6 Å². The second kappa shape index (κ2) is 7.98. The summed E-state index contributed by atoms with van der Waals surface area (Å²) in [5, 5.41) is 5.57. The summed E-state index contributed by atoms with van der Waals surface area (Å²) in [5.74, 6) is 0.590. The van der Waals surface area contributed by atoms with Crippen molar-refractivity contribution >= 4 is 11.8 Å². The molecule has 122 valence electrons. The average molecular weight is 307 g/mol. The van der Waals surface area contributed by atoms with Gasteiger partial charge in [-0.25, -0.2) is 0 Å².